The molecule has 0 bridgehead atoms. The molecule has 0 aliphatic rings. The molecule has 0 saturated carbocycles. The molecule has 4 aromatic rings. The molecule has 0 spiro atoms. The van der Waals surface area contributed by atoms with Crippen molar-refractivity contribution in [2.75, 3.05) is 5.32 Å². The standard InChI is InChI=1S/C18H14N4.ClH/c1-22-15-9-4-2-7-13(15)17(14-8-3-5-10-16(14)22)21-18-19-11-6-12-20-18;/h2-12H,1H3;1H. The SMILES string of the molecule is C[n+]1c2ccccc2c(Nc2ncccn2)c2ccccc21.[Cl-]. The summed E-state index contributed by atoms with van der Waals surface area (Å²) in [5.74, 6) is 0.603. The van der Waals surface area contributed by atoms with E-state index in [2.05, 4.69) is 63.3 Å². The maximum atomic E-state index is 4.28. The molecule has 0 fully saturated rings. The number of halogens is 1. The molecule has 0 aliphatic heterocycles. The van der Waals surface area contributed by atoms with E-state index in [-0.39, 0.29) is 12.4 Å². The number of pyridine rings is 1. The number of benzene rings is 2. The van der Waals surface area contributed by atoms with E-state index < -0.39 is 0 Å². The van der Waals surface area contributed by atoms with Gasteiger partial charge < -0.3 is 17.7 Å². The van der Waals surface area contributed by atoms with E-state index in [0.29, 0.717) is 5.95 Å². The first-order valence-corrected chi connectivity index (χ1v) is 7.18. The van der Waals surface area contributed by atoms with Crippen molar-refractivity contribution in [2.24, 2.45) is 7.05 Å². The monoisotopic (exact) mass is 322 g/mol. The van der Waals surface area contributed by atoms with Crippen LogP contribution in [0.4, 0.5) is 11.6 Å². The summed E-state index contributed by atoms with van der Waals surface area (Å²) in [6.07, 6.45) is 3.48. The van der Waals surface area contributed by atoms with E-state index in [1.165, 1.54) is 11.0 Å². The number of fused-ring (bicyclic) bond motifs is 2. The molecular formula is C18H15ClN4. The van der Waals surface area contributed by atoms with Crippen LogP contribution in [0.2, 0.25) is 0 Å². The molecule has 1 N–H and O–H groups in total. The summed E-state index contributed by atoms with van der Waals surface area (Å²) >= 11 is 0. The van der Waals surface area contributed by atoms with Crippen LogP contribution in [0.5, 0.6) is 0 Å². The van der Waals surface area contributed by atoms with Gasteiger partial charge in [0.25, 0.3) is 0 Å². The van der Waals surface area contributed by atoms with Gasteiger partial charge in [0, 0.05) is 24.5 Å². The smallest absolute Gasteiger partial charge is 0.227 e. The van der Waals surface area contributed by atoms with Gasteiger partial charge in [0.1, 0.15) is 7.05 Å². The van der Waals surface area contributed by atoms with Crippen molar-refractivity contribution in [3.05, 3.63) is 67.0 Å². The van der Waals surface area contributed by atoms with Gasteiger partial charge in [-0.05, 0) is 18.2 Å². The normalized spacial score (nSPS) is 10.5. The van der Waals surface area contributed by atoms with E-state index in [0.717, 1.165) is 16.5 Å². The van der Waals surface area contributed by atoms with Crippen LogP contribution in [0.15, 0.2) is 67.0 Å². The Morgan fingerprint density at radius 2 is 1.30 bits per heavy atom. The number of nitrogens with one attached hydrogen (secondary N) is 1. The second kappa shape index (κ2) is 6.18. The van der Waals surface area contributed by atoms with Crippen LogP contribution in [0.3, 0.4) is 0 Å². The van der Waals surface area contributed by atoms with Gasteiger partial charge in [0.05, 0.1) is 16.5 Å². The van der Waals surface area contributed by atoms with Gasteiger partial charge in [-0.1, -0.05) is 24.3 Å². The number of hydrogen-bond donors (Lipinski definition) is 1. The minimum atomic E-state index is 0. The molecule has 2 heterocycles. The number of para-hydroxylation sites is 2. The zero-order chi connectivity index (χ0) is 14.9. The van der Waals surface area contributed by atoms with Crippen molar-refractivity contribution >= 4 is 33.4 Å². The second-order valence-corrected chi connectivity index (χ2v) is 5.17. The summed E-state index contributed by atoms with van der Waals surface area (Å²) < 4.78 is 2.21. The average molecular weight is 323 g/mol. The quantitative estimate of drug-likeness (QED) is 0.428. The Hall–Kier alpha value is -2.72. The van der Waals surface area contributed by atoms with Crippen LogP contribution in [0.1, 0.15) is 0 Å². The van der Waals surface area contributed by atoms with Crippen molar-refractivity contribution in [3.63, 3.8) is 0 Å². The van der Waals surface area contributed by atoms with Gasteiger partial charge in [-0.2, -0.15) is 4.57 Å². The summed E-state index contributed by atoms with van der Waals surface area (Å²) in [4.78, 5) is 8.56. The lowest BCUT2D eigenvalue weighted by Gasteiger charge is -2.11. The van der Waals surface area contributed by atoms with Crippen LogP contribution >= 0.6 is 0 Å². The number of rotatable bonds is 2. The average Bonchev–Trinajstić information content (AvgIpc) is 2.59. The molecular weight excluding hydrogens is 308 g/mol. The molecule has 0 unspecified atom stereocenters. The van der Waals surface area contributed by atoms with Gasteiger partial charge in [0.2, 0.25) is 17.0 Å². The maximum Gasteiger partial charge on any atom is 0.227 e. The fraction of sp³-hybridized carbons (Fsp3) is 0.0556. The topological polar surface area (TPSA) is 41.7 Å². The molecule has 2 aromatic carbocycles. The Morgan fingerprint density at radius 3 is 1.87 bits per heavy atom. The molecule has 2 aromatic heterocycles. The van der Waals surface area contributed by atoms with Crippen molar-refractivity contribution in [1.82, 2.24) is 9.97 Å². The molecule has 0 atom stereocenters. The summed E-state index contributed by atoms with van der Waals surface area (Å²) in [6.45, 7) is 0. The van der Waals surface area contributed by atoms with Gasteiger partial charge in [-0.3, -0.25) is 0 Å². The van der Waals surface area contributed by atoms with Crippen LogP contribution in [-0.4, -0.2) is 9.97 Å². The lowest BCUT2D eigenvalue weighted by atomic mass is 10.1. The summed E-state index contributed by atoms with van der Waals surface area (Å²) in [5, 5.41) is 5.68. The zero-order valence-corrected chi connectivity index (χ0v) is 13.3. The van der Waals surface area contributed by atoms with Gasteiger partial charge in [0.15, 0.2) is 0 Å². The van der Waals surface area contributed by atoms with Gasteiger partial charge >= 0.3 is 0 Å². The zero-order valence-electron chi connectivity index (χ0n) is 12.6. The summed E-state index contributed by atoms with van der Waals surface area (Å²) in [6, 6.07) is 18.5. The Bertz CT molecular complexity index is 913. The molecule has 4 nitrogen and oxygen atoms in total. The van der Waals surface area contributed by atoms with E-state index in [1.54, 1.807) is 12.4 Å². The van der Waals surface area contributed by atoms with Gasteiger partial charge in [-0.25, -0.2) is 9.97 Å². The van der Waals surface area contributed by atoms with Crippen LogP contribution < -0.4 is 22.3 Å². The molecule has 0 amide bonds. The Kier molecular flexibility index (Phi) is 4.08. The Morgan fingerprint density at radius 1 is 0.783 bits per heavy atom. The number of nitrogens with zero attached hydrogens (tertiary/aromatic N) is 3. The van der Waals surface area contributed by atoms with Crippen LogP contribution in [0.25, 0.3) is 21.8 Å². The van der Waals surface area contributed by atoms with Crippen LogP contribution in [0, 0.1) is 0 Å². The second-order valence-electron chi connectivity index (χ2n) is 5.17. The highest BCUT2D eigenvalue weighted by Gasteiger charge is 2.17. The molecule has 114 valence electrons. The van der Waals surface area contributed by atoms with Gasteiger partial charge in [-0.15, -0.1) is 0 Å². The predicted octanol–water partition coefficient (Wildman–Crippen LogP) is 0.355. The van der Waals surface area contributed by atoms with Crippen molar-refractivity contribution in [1.29, 1.82) is 0 Å². The highest BCUT2D eigenvalue weighted by molar-refractivity contribution is 6.05. The van der Waals surface area contributed by atoms with E-state index in [1.807, 2.05) is 18.2 Å². The molecule has 0 aliphatic carbocycles. The number of hydrogen-bond acceptors (Lipinski definition) is 3. The lowest BCUT2D eigenvalue weighted by molar-refractivity contribution is -0.617. The first-order valence-electron chi connectivity index (χ1n) is 7.18. The van der Waals surface area contributed by atoms with E-state index >= 15 is 0 Å². The number of anilines is 2. The fourth-order valence-corrected chi connectivity index (χ4v) is 2.84. The summed E-state index contributed by atoms with van der Waals surface area (Å²) in [7, 11) is 2.09. The Balaban J connectivity index is 0.00000156. The summed E-state index contributed by atoms with van der Waals surface area (Å²) in [5.41, 5.74) is 3.37. The minimum absolute atomic E-state index is 0. The van der Waals surface area contributed by atoms with Crippen LogP contribution in [-0.2, 0) is 7.05 Å². The fourth-order valence-electron chi connectivity index (χ4n) is 2.84. The number of aromatic nitrogens is 3. The largest absolute Gasteiger partial charge is 1.00 e. The van der Waals surface area contributed by atoms with E-state index in [9.17, 15) is 0 Å². The number of aryl methyl sites for hydroxylation is 1. The Labute approximate surface area is 140 Å². The third kappa shape index (κ3) is 2.58. The predicted molar refractivity (Wildman–Crippen MR) is 87.9 cm³/mol. The van der Waals surface area contributed by atoms with Crippen molar-refractivity contribution in [3.8, 4) is 0 Å². The minimum Gasteiger partial charge on any atom is -1.00 e. The third-order valence-electron chi connectivity index (χ3n) is 3.87. The molecule has 0 saturated heterocycles. The van der Waals surface area contributed by atoms with Crippen molar-refractivity contribution < 1.29 is 17.0 Å². The molecule has 0 radical (unpaired) electrons. The molecule has 23 heavy (non-hydrogen) atoms. The first-order chi connectivity index (χ1) is 10.8. The van der Waals surface area contributed by atoms with Crippen molar-refractivity contribution in [2.45, 2.75) is 0 Å². The maximum absolute atomic E-state index is 4.28. The lowest BCUT2D eigenvalue weighted by Crippen LogP contribution is -3.00. The highest BCUT2D eigenvalue weighted by atomic mass is 35.5. The first kappa shape index (κ1) is 15.2. The highest BCUT2D eigenvalue weighted by Crippen LogP contribution is 2.30. The third-order valence-corrected chi connectivity index (χ3v) is 3.87. The molecule has 4 rings (SSSR count). The molecule has 5 heteroatoms. The van der Waals surface area contributed by atoms with E-state index in [4.69, 9.17) is 0 Å².